The fraction of sp³-hybridized carbons (Fsp3) is 0.429. The summed E-state index contributed by atoms with van der Waals surface area (Å²) in [5.74, 6) is -0.201. The van der Waals surface area contributed by atoms with Crippen LogP contribution in [0.2, 0.25) is 5.02 Å². The molecule has 0 aromatic carbocycles. The van der Waals surface area contributed by atoms with E-state index in [1.165, 1.54) is 6.20 Å². The van der Waals surface area contributed by atoms with E-state index in [0.29, 0.717) is 23.7 Å². The lowest BCUT2D eigenvalue weighted by Crippen LogP contribution is -2.34. The van der Waals surface area contributed by atoms with Crippen LogP contribution in [0.1, 0.15) is 26.2 Å². The molecule has 0 aliphatic carbocycles. The van der Waals surface area contributed by atoms with E-state index < -0.39 is 0 Å². The highest BCUT2D eigenvalue weighted by Crippen LogP contribution is 2.24. The molecule has 2 atom stereocenters. The number of cyclic esters (lactones) is 1. The Kier molecular flexibility index (Phi) is 5.68. The Morgan fingerprint density at radius 1 is 1.55 bits per heavy atom. The van der Waals surface area contributed by atoms with Crippen molar-refractivity contribution >= 4 is 46.6 Å². The third-order valence-electron chi connectivity index (χ3n) is 3.21. The van der Waals surface area contributed by atoms with Gasteiger partial charge in [0, 0.05) is 12.6 Å². The first-order valence-electron chi connectivity index (χ1n) is 6.87. The minimum Gasteiger partial charge on any atom is -0.462 e. The molecule has 1 saturated heterocycles. The van der Waals surface area contributed by atoms with Gasteiger partial charge in [0.15, 0.2) is 5.11 Å². The normalized spacial score (nSPS) is 20.4. The lowest BCUT2D eigenvalue weighted by Gasteiger charge is -2.09. The maximum Gasteiger partial charge on any atom is 0.309 e. The maximum absolute atomic E-state index is 11.8. The molecular formula is C14H16ClN3O3S. The lowest BCUT2D eigenvalue weighted by molar-refractivity contribution is -0.143. The number of rotatable bonds is 4. The first-order valence-corrected chi connectivity index (χ1v) is 7.65. The van der Waals surface area contributed by atoms with Gasteiger partial charge in [-0.25, -0.2) is 4.98 Å². The first-order chi connectivity index (χ1) is 10.4. The third-order valence-corrected chi connectivity index (χ3v) is 3.64. The smallest absolute Gasteiger partial charge is 0.309 e. The molecule has 1 amide bonds. The number of amides is 1. The fourth-order valence-corrected chi connectivity index (χ4v) is 2.50. The zero-order chi connectivity index (χ0) is 16.1. The summed E-state index contributed by atoms with van der Waals surface area (Å²) in [6.07, 6.45) is 2.73. The van der Waals surface area contributed by atoms with Crippen LogP contribution < -0.4 is 10.6 Å². The van der Waals surface area contributed by atoms with Crippen molar-refractivity contribution in [3.8, 4) is 0 Å². The van der Waals surface area contributed by atoms with Gasteiger partial charge in [-0.3, -0.25) is 9.59 Å². The summed E-state index contributed by atoms with van der Waals surface area (Å²) in [6, 6.07) is 3.31. The number of aromatic nitrogens is 1. The van der Waals surface area contributed by atoms with Crippen LogP contribution in [0.15, 0.2) is 18.3 Å². The summed E-state index contributed by atoms with van der Waals surface area (Å²) >= 11 is 10.8. The Labute approximate surface area is 138 Å². The Morgan fingerprint density at radius 3 is 2.91 bits per heavy atom. The summed E-state index contributed by atoms with van der Waals surface area (Å²) in [5, 5.41) is 6.00. The lowest BCUT2D eigenvalue weighted by atomic mass is 9.99. The number of halogens is 1. The van der Waals surface area contributed by atoms with E-state index in [1.54, 1.807) is 12.1 Å². The average molecular weight is 342 g/mol. The number of anilines is 1. The van der Waals surface area contributed by atoms with Gasteiger partial charge in [0.1, 0.15) is 5.82 Å². The van der Waals surface area contributed by atoms with Crippen molar-refractivity contribution in [3.63, 3.8) is 0 Å². The molecule has 0 spiro atoms. The number of hydrogen-bond donors (Lipinski definition) is 2. The molecule has 118 valence electrons. The van der Waals surface area contributed by atoms with Crippen LogP contribution in [-0.4, -0.2) is 28.1 Å². The molecular weight excluding hydrogens is 326 g/mol. The largest absolute Gasteiger partial charge is 0.462 e. The van der Waals surface area contributed by atoms with Crippen LogP contribution in [-0.2, 0) is 14.3 Å². The van der Waals surface area contributed by atoms with Crippen molar-refractivity contribution in [2.45, 2.75) is 32.3 Å². The van der Waals surface area contributed by atoms with Crippen LogP contribution in [0, 0.1) is 5.92 Å². The van der Waals surface area contributed by atoms with E-state index >= 15 is 0 Å². The van der Waals surface area contributed by atoms with Gasteiger partial charge in [0.2, 0.25) is 5.91 Å². The van der Waals surface area contributed by atoms with Gasteiger partial charge in [0.25, 0.3) is 0 Å². The molecule has 0 unspecified atom stereocenters. The Balaban J connectivity index is 1.73. The van der Waals surface area contributed by atoms with E-state index in [4.69, 9.17) is 28.6 Å². The molecule has 2 N–H and O–H groups in total. The van der Waals surface area contributed by atoms with E-state index in [2.05, 4.69) is 15.6 Å². The van der Waals surface area contributed by atoms with Crippen molar-refractivity contribution in [1.82, 2.24) is 10.3 Å². The van der Waals surface area contributed by atoms with E-state index in [-0.39, 0.29) is 35.4 Å². The zero-order valence-corrected chi connectivity index (χ0v) is 13.5. The van der Waals surface area contributed by atoms with E-state index in [0.717, 1.165) is 0 Å². The highest BCUT2D eigenvalue weighted by molar-refractivity contribution is 7.80. The summed E-state index contributed by atoms with van der Waals surface area (Å²) < 4.78 is 5.05. The molecule has 0 saturated carbocycles. The molecule has 1 fully saturated rings. The highest BCUT2D eigenvalue weighted by atomic mass is 35.5. The number of pyridine rings is 1. The number of nitrogens with zero attached hydrogens (tertiary/aromatic N) is 1. The predicted molar refractivity (Wildman–Crippen MR) is 86.5 cm³/mol. The molecule has 6 nitrogen and oxygen atoms in total. The Hall–Kier alpha value is -1.73. The van der Waals surface area contributed by atoms with Crippen molar-refractivity contribution in [2.24, 2.45) is 5.92 Å². The van der Waals surface area contributed by atoms with E-state index in [1.807, 2.05) is 6.92 Å². The van der Waals surface area contributed by atoms with Gasteiger partial charge in [-0.15, -0.1) is 0 Å². The summed E-state index contributed by atoms with van der Waals surface area (Å²) in [7, 11) is 0. The van der Waals surface area contributed by atoms with Gasteiger partial charge in [0.05, 0.1) is 17.0 Å². The van der Waals surface area contributed by atoms with Gasteiger partial charge in [-0.05, 0) is 44.1 Å². The van der Waals surface area contributed by atoms with Crippen LogP contribution >= 0.6 is 23.8 Å². The molecule has 22 heavy (non-hydrogen) atoms. The monoisotopic (exact) mass is 341 g/mol. The molecule has 1 aromatic heterocycles. The van der Waals surface area contributed by atoms with Gasteiger partial charge < -0.3 is 15.4 Å². The second-order valence-corrected chi connectivity index (χ2v) is 5.93. The van der Waals surface area contributed by atoms with E-state index in [9.17, 15) is 9.59 Å². The van der Waals surface area contributed by atoms with Gasteiger partial charge in [-0.1, -0.05) is 11.6 Å². The van der Waals surface area contributed by atoms with Gasteiger partial charge in [-0.2, -0.15) is 0 Å². The van der Waals surface area contributed by atoms with Crippen LogP contribution in [0.3, 0.4) is 0 Å². The second kappa shape index (κ2) is 7.51. The standard InChI is InChI=1S/C14H16ClN3O3S/c1-8-6-9(13(20)21-8)2-5-12(19)18-14(22)17-11-4-3-10(15)7-16-11/h3-4,7-9H,2,5-6H2,1H3,(H2,16,17,18,19,22)/t8-,9-/m0/s1. The highest BCUT2D eigenvalue weighted by Gasteiger charge is 2.31. The van der Waals surface area contributed by atoms with Crippen molar-refractivity contribution < 1.29 is 14.3 Å². The van der Waals surface area contributed by atoms with Crippen molar-refractivity contribution in [2.75, 3.05) is 5.32 Å². The number of carbonyl (C=O) groups is 2. The summed E-state index contributed by atoms with van der Waals surface area (Å²) in [5.41, 5.74) is 0. The summed E-state index contributed by atoms with van der Waals surface area (Å²) in [6.45, 7) is 1.84. The average Bonchev–Trinajstić information content (AvgIpc) is 2.77. The Morgan fingerprint density at radius 2 is 2.32 bits per heavy atom. The first kappa shape index (κ1) is 16.6. The number of thiocarbonyl (C=S) groups is 1. The number of nitrogens with one attached hydrogen (secondary N) is 2. The third kappa shape index (κ3) is 4.92. The molecule has 2 rings (SSSR count). The molecule has 1 aliphatic heterocycles. The van der Waals surface area contributed by atoms with Crippen LogP contribution in [0.4, 0.5) is 5.82 Å². The topological polar surface area (TPSA) is 80.3 Å². The van der Waals surface area contributed by atoms with Crippen molar-refractivity contribution in [3.05, 3.63) is 23.4 Å². The molecule has 2 heterocycles. The van der Waals surface area contributed by atoms with Crippen molar-refractivity contribution in [1.29, 1.82) is 0 Å². The fourth-order valence-electron chi connectivity index (χ4n) is 2.17. The van der Waals surface area contributed by atoms with Crippen LogP contribution in [0.5, 0.6) is 0 Å². The number of esters is 1. The second-order valence-electron chi connectivity index (χ2n) is 5.08. The van der Waals surface area contributed by atoms with Crippen LogP contribution in [0.25, 0.3) is 0 Å². The summed E-state index contributed by atoms with van der Waals surface area (Å²) in [4.78, 5) is 27.3. The number of carbonyl (C=O) groups excluding carboxylic acids is 2. The quantitative estimate of drug-likeness (QED) is 0.646. The van der Waals surface area contributed by atoms with Gasteiger partial charge >= 0.3 is 5.97 Å². The molecule has 1 aromatic rings. The maximum atomic E-state index is 11.8. The zero-order valence-electron chi connectivity index (χ0n) is 12.0. The molecule has 0 bridgehead atoms. The predicted octanol–water partition coefficient (Wildman–Crippen LogP) is 2.28. The molecule has 0 radical (unpaired) electrons. The molecule has 1 aliphatic rings. The number of ether oxygens (including phenoxy) is 1. The minimum absolute atomic E-state index is 0.0701. The number of hydrogen-bond acceptors (Lipinski definition) is 5. The Bertz CT molecular complexity index is 579. The minimum atomic E-state index is -0.251. The SMILES string of the molecule is C[C@H]1C[C@H](CCC(=O)NC(=S)Nc2ccc(Cl)cn2)C(=O)O1. The molecule has 8 heteroatoms.